The van der Waals surface area contributed by atoms with Crippen LogP contribution in [0, 0.1) is 11.6 Å². The van der Waals surface area contributed by atoms with Crippen LogP contribution in [0.25, 0.3) is 16.8 Å². The minimum Gasteiger partial charge on any atom is -0.435 e. The summed E-state index contributed by atoms with van der Waals surface area (Å²) in [4.78, 5) is 30.6. The normalized spacial score (nSPS) is 14.3. The van der Waals surface area contributed by atoms with E-state index in [1.54, 1.807) is 30.5 Å². The van der Waals surface area contributed by atoms with E-state index in [1.807, 2.05) is 0 Å². The fraction of sp³-hybridized carbons (Fsp3) is 0.0714. The number of nitrogens with one attached hydrogen (secondary N) is 2. The lowest BCUT2D eigenvalue weighted by molar-refractivity contribution is -0.0500. The Balaban J connectivity index is 1.49. The summed E-state index contributed by atoms with van der Waals surface area (Å²) in [7, 11) is 0. The van der Waals surface area contributed by atoms with Gasteiger partial charge in [0.2, 0.25) is 0 Å². The van der Waals surface area contributed by atoms with Crippen LogP contribution in [0.3, 0.4) is 0 Å². The average molecular weight is 582 g/mol. The van der Waals surface area contributed by atoms with Gasteiger partial charge in [-0.25, -0.2) is 18.3 Å². The number of hydrogen-bond acceptors (Lipinski definition) is 5. The summed E-state index contributed by atoms with van der Waals surface area (Å²) in [5.74, 6) is -3.51. The van der Waals surface area contributed by atoms with E-state index in [-0.39, 0.29) is 33.0 Å². The molecule has 6 rings (SSSR count). The van der Waals surface area contributed by atoms with Gasteiger partial charge in [0.15, 0.2) is 5.65 Å². The summed E-state index contributed by atoms with van der Waals surface area (Å²) in [5, 5.41) is 9.70. The lowest BCUT2D eigenvalue weighted by Crippen LogP contribution is -2.21. The molecule has 0 saturated heterocycles. The quantitative estimate of drug-likeness (QED) is 0.239. The molecule has 1 atom stereocenters. The van der Waals surface area contributed by atoms with Gasteiger partial charge in [0.25, 0.3) is 11.8 Å². The summed E-state index contributed by atoms with van der Waals surface area (Å²) >= 11 is 6.35. The van der Waals surface area contributed by atoms with E-state index in [0.717, 1.165) is 12.1 Å². The van der Waals surface area contributed by atoms with Crippen LogP contribution in [-0.2, 0) is 0 Å². The Hall–Kier alpha value is -4.97. The number of alkyl halides is 2. The summed E-state index contributed by atoms with van der Waals surface area (Å²) < 4.78 is 59.6. The highest BCUT2D eigenvalue weighted by Gasteiger charge is 2.35. The molecule has 0 spiro atoms. The molecule has 3 heterocycles. The van der Waals surface area contributed by atoms with Crippen molar-refractivity contribution in [2.75, 3.05) is 5.32 Å². The number of pyridine rings is 1. The van der Waals surface area contributed by atoms with Gasteiger partial charge in [-0.2, -0.15) is 13.9 Å². The monoisotopic (exact) mass is 581 g/mol. The second kappa shape index (κ2) is 10.2. The number of rotatable bonds is 6. The molecule has 0 fully saturated rings. The van der Waals surface area contributed by atoms with E-state index in [2.05, 4.69) is 25.5 Å². The fourth-order valence-corrected chi connectivity index (χ4v) is 4.95. The number of fused-ring (bicyclic) bond motifs is 2. The molecule has 2 N–H and O–H groups in total. The van der Waals surface area contributed by atoms with Crippen LogP contribution in [0.2, 0.25) is 5.02 Å². The highest BCUT2D eigenvalue weighted by Crippen LogP contribution is 2.42. The van der Waals surface area contributed by atoms with Gasteiger partial charge in [0.05, 0.1) is 6.04 Å². The first-order valence-corrected chi connectivity index (χ1v) is 12.3. The number of anilines is 1. The van der Waals surface area contributed by atoms with Crippen molar-refractivity contribution in [2.24, 2.45) is 0 Å². The third-order valence-corrected chi connectivity index (χ3v) is 6.82. The number of benzene rings is 3. The summed E-state index contributed by atoms with van der Waals surface area (Å²) in [6.45, 7) is -3.23. The fourth-order valence-electron chi connectivity index (χ4n) is 4.72. The highest BCUT2D eigenvalue weighted by atomic mass is 35.5. The van der Waals surface area contributed by atoms with Crippen molar-refractivity contribution >= 4 is 34.7 Å². The number of amides is 2. The number of aromatic nitrogens is 3. The predicted octanol–water partition coefficient (Wildman–Crippen LogP) is 6.01. The second-order valence-corrected chi connectivity index (χ2v) is 9.45. The molecule has 8 nitrogen and oxygen atoms in total. The molecule has 3 aromatic carbocycles. The minimum absolute atomic E-state index is 0.116. The summed E-state index contributed by atoms with van der Waals surface area (Å²) in [5.41, 5.74) is 2.18. The molecule has 0 radical (unpaired) electrons. The van der Waals surface area contributed by atoms with Crippen molar-refractivity contribution in [2.45, 2.75) is 12.7 Å². The van der Waals surface area contributed by atoms with Crippen molar-refractivity contribution in [3.63, 3.8) is 0 Å². The molecule has 13 heteroatoms. The maximum atomic E-state index is 14.2. The smallest absolute Gasteiger partial charge is 0.387 e. The predicted molar refractivity (Wildman–Crippen MR) is 140 cm³/mol. The van der Waals surface area contributed by atoms with Crippen molar-refractivity contribution in [1.29, 1.82) is 0 Å². The van der Waals surface area contributed by atoms with Crippen molar-refractivity contribution in [3.8, 4) is 16.9 Å². The SMILES string of the molecule is O=C(Nc1cc(-c2ccc3ncnn3c2)cc2c1[C@H](c1cc(F)ccc1Cl)NC2=O)c1cc(F)cc(OC(F)F)c1. The summed E-state index contributed by atoms with van der Waals surface area (Å²) in [6.07, 6.45) is 3.04. The number of ether oxygens (including phenoxy) is 1. The van der Waals surface area contributed by atoms with Gasteiger partial charge in [-0.1, -0.05) is 11.6 Å². The van der Waals surface area contributed by atoms with E-state index >= 15 is 0 Å². The number of hydrogen-bond donors (Lipinski definition) is 2. The number of nitrogens with zero attached hydrogens (tertiary/aromatic N) is 3. The Kier molecular flexibility index (Phi) is 6.54. The first kappa shape index (κ1) is 26.3. The molecule has 2 aromatic heterocycles. The molecule has 5 aromatic rings. The van der Waals surface area contributed by atoms with Crippen LogP contribution in [-0.4, -0.2) is 33.0 Å². The number of carbonyl (C=O) groups is 2. The van der Waals surface area contributed by atoms with Crippen LogP contribution in [0.1, 0.15) is 37.9 Å². The number of carbonyl (C=O) groups excluding carboxylic acids is 2. The van der Waals surface area contributed by atoms with E-state index in [4.69, 9.17) is 11.6 Å². The van der Waals surface area contributed by atoms with E-state index in [0.29, 0.717) is 22.8 Å². The Morgan fingerprint density at radius 2 is 1.85 bits per heavy atom. The standard InChI is InChI=1S/C28H16ClF4N5O3/c29-21-3-2-16(30)10-19(21)25-24-20(27(40)37-25)7-14(13-1-4-23-34-12-35-38(23)11-13)8-22(24)36-26(39)15-5-17(31)9-18(6-15)41-28(32)33/h1-12,25,28H,(H,36,39)(H,37,40)/t25-/m0/s1. The van der Waals surface area contributed by atoms with Crippen LogP contribution < -0.4 is 15.4 Å². The van der Waals surface area contributed by atoms with Crippen LogP contribution in [0.5, 0.6) is 5.75 Å². The van der Waals surface area contributed by atoms with Gasteiger partial charge in [-0.05, 0) is 60.2 Å². The van der Waals surface area contributed by atoms with Gasteiger partial charge in [-0.3, -0.25) is 9.59 Å². The third-order valence-electron chi connectivity index (χ3n) is 6.47. The maximum absolute atomic E-state index is 14.2. The van der Waals surface area contributed by atoms with Gasteiger partial charge in [0, 0.05) is 50.8 Å². The molecule has 2 amide bonds. The molecule has 0 saturated carbocycles. The molecule has 0 aliphatic carbocycles. The Morgan fingerprint density at radius 1 is 1.02 bits per heavy atom. The molecular formula is C28H16ClF4N5O3. The van der Waals surface area contributed by atoms with Crippen LogP contribution in [0.4, 0.5) is 23.2 Å². The molecule has 0 bridgehead atoms. The van der Waals surface area contributed by atoms with E-state index < -0.39 is 41.9 Å². The Labute approximate surface area is 233 Å². The van der Waals surface area contributed by atoms with Crippen LogP contribution >= 0.6 is 11.6 Å². The van der Waals surface area contributed by atoms with Crippen LogP contribution in [0.15, 0.2) is 73.2 Å². The zero-order chi connectivity index (χ0) is 28.8. The van der Waals surface area contributed by atoms with E-state index in [9.17, 15) is 27.2 Å². The van der Waals surface area contributed by atoms with Crippen molar-refractivity contribution in [3.05, 3.63) is 112 Å². The molecule has 0 unspecified atom stereocenters. The molecule has 41 heavy (non-hydrogen) atoms. The Morgan fingerprint density at radius 3 is 2.66 bits per heavy atom. The first-order chi connectivity index (χ1) is 19.7. The van der Waals surface area contributed by atoms with Crippen molar-refractivity contribution in [1.82, 2.24) is 19.9 Å². The molecule has 1 aliphatic heterocycles. The molecule has 1 aliphatic rings. The largest absolute Gasteiger partial charge is 0.435 e. The molecular weight excluding hydrogens is 566 g/mol. The molecule has 206 valence electrons. The first-order valence-electron chi connectivity index (χ1n) is 12.0. The third kappa shape index (κ3) is 5.05. The van der Waals surface area contributed by atoms with Gasteiger partial charge >= 0.3 is 6.61 Å². The zero-order valence-electron chi connectivity index (χ0n) is 20.5. The zero-order valence-corrected chi connectivity index (χ0v) is 21.3. The lowest BCUT2D eigenvalue weighted by Gasteiger charge is -2.19. The summed E-state index contributed by atoms with van der Waals surface area (Å²) in [6, 6.07) is 11.9. The Bertz CT molecular complexity index is 1860. The minimum atomic E-state index is -3.23. The van der Waals surface area contributed by atoms with Crippen molar-refractivity contribution < 1.29 is 31.9 Å². The van der Waals surface area contributed by atoms with Gasteiger partial charge < -0.3 is 15.4 Å². The lowest BCUT2D eigenvalue weighted by atomic mass is 9.93. The average Bonchev–Trinajstić information content (AvgIpc) is 3.53. The topological polar surface area (TPSA) is 97.6 Å². The second-order valence-electron chi connectivity index (χ2n) is 9.05. The number of halogens is 5. The van der Waals surface area contributed by atoms with Gasteiger partial charge in [0.1, 0.15) is 23.7 Å². The van der Waals surface area contributed by atoms with E-state index in [1.165, 1.54) is 29.0 Å². The van der Waals surface area contributed by atoms with Gasteiger partial charge in [-0.15, -0.1) is 0 Å². The maximum Gasteiger partial charge on any atom is 0.387 e. The highest BCUT2D eigenvalue weighted by molar-refractivity contribution is 6.31.